The van der Waals surface area contributed by atoms with Crippen LogP contribution in [0, 0.1) is 13.8 Å². The van der Waals surface area contributed by atoms with Crippen molar-refractivity contribution in [3.8, 4) is 0 Å². The summed E-state index contributed by atoms with van der Waals surface area (Å²) in [6, 6.07) is 12.1. The predicted octanol–water partition coefficient (Wildman–Crippen LogP) is 5.76. The monoisotopic (exact) mass is 278 g/mol. The van der Waals surface area contributed by atoms with E-state index in [0.29, 0.717) is 5.92 Å². The molecule has 2 rings (SSSR count). The Labute approximate surface area is 119 Å². The molecule has 0 aromatic heterocycles. The topological polar surface area (TPSA) is 0 Å². The Hall–Kier alpha value is -0.980. The second-order valence-corrected chi connectivity index (χ2v) is 5.44. The van der Waals surface area contributed by atoms with Crippen molar-refractivity contribution in [1.29, 1.82) is 0 Å². The normalized spacial score (nSPS) is 11.0. The Morgan fingerprint density at radius 3 is 1.56 bits per heavy atom. The van der Waals surface area contributed by atoms with E-state index in [4.69, 9.17) is 23.2 Å². The van der Waals surface area contributed by atoms with Crippen molar-refractivity contribution in [2.45, 2.75) is 26.7 Å². The zero-order chi connectivity index (χ0) is 13.3. The maximum Gasteiger partial charge on any atom is 0.0438 e. The summed E-state index contributed by atoms with van der Waals surface area (Å²) in [4.78, 5) is 0. The van der Waals surface area contributed by atoms with Gasteiger partial charge in [0.05, 0.1) is 0 Å². The highest BCUT2D eigenvalue weighted by atomic mass is 35.5. The third-order valence-corrected chi connectivity index (χ3v) is 4.37. The van der Waals surface area contributed by atoms with Gasteiger partial charge in [0, 0.05) is 16.0 Å². The molecule has 0 nitrogen and oxygen atoms in total. The lowest BCUT2D eigenvalue weighted by Gasteiger charge is -2.18. The predicted molar refractivity (Wildman–Crippen MR) is 79.9 cm³/mol. The van der Waals surface area contributed by atoms with Crippen LogP contribution < -0.4 is 0 Å². The van der Waals surface area contributed by atoms with Gasteiger partial charge in [-0.2, -0.15) is 0 Å². The van der Waals surface area contributed by atoms with Crippen LogP contribution in [0.3, 0.4) is 0 Å². The molecule has 18 heavy (non-hydrogen) atoms. The van der Waals surface area contributed by atoms with Crippen LogP contribution >= 0.6 is 23.2 Å². The molecule has 2 aromatic carbocycles. The highest BCUT2D eigenvalue weighted by Crippen LogP contribution is 2.33. The molecular formula is C16H16Cl2. The fraction of sp³-hybridized carbons (Fsp3) is 0.250. The van der Waals surface area contributed by atoms with Gasteiger partial charge in [-0.15, -0.1) is 0 Å². The maximum atomic E-state index is 6.19. The smallest absolute Gasteiger partial charge is 0.0438 e. The van der Waals surface area contributed by atoms with Crippen molar-refractivity contribution in [3.05, 3.63) is 68.7 Å². The zero-order valence-corrected chi connectivity index (χ0v) is 12.3. The molecule has 0 heterocycles. The van der Waals surface area contributed by atoms with Crippen LogP contribution in [0.1, 0.15) is 35.1 Å². The number of rotatable bonds is 2. The van der Waals surface area contributed by atoms with E-state index in [-0.39, 0.29) is 0 Å². The van der Waals surface area contributed by atoms with E-state index in [1.807, 2.05) is 24.3 Å². The minimum Gasteiger partial charge on any atom is -0.0840 e. The molecule has 0 aliphatic heterocycles. The third-order valence-electron chi connectivity index (χ3n) is 3.55. The van der Waals surface area contributed by atoms with Crippen LogP contribution in [0.2, 0.25) is 10.0 Å². The van der Waals surface area contributed by atoms with Crippen molar-refractivity contribution >= 4 is 23.2 Å². The molecule has 0 spiro atoms. The molecule has 0 aliphatic rings. The number of benzene rings is 2. The highest BCUT2D eigenvalue weighted by Gasteiger charge is 2.15. The van der Waals surface area contributed by atoms with Gasteiger partial charge in [0.1, 0.15) is 0 Å². The molecule has 0 fully saturated rings. The van der Waals surface area contributed by atoms with Gasteiger partial charge in [0.25, 0.3) is 0 Å². The summed E-state index contributed by atoms with van der Waals surface area (Å²) in [6.07, 6.45) is 0. The zero-order valence-electron chi connectivity index (χ0n) is 10.8. The van der Waals surface area contributed by atoms with Gasteiger partial charge in [-0.05, 0) is 48.2 Å². The van der Waals surface area contributed by atoms with Crippen molar-refractivity contribution < 1.29 is 0 Å². The first-order valence-electron chi connectivity index (χ1n) is 6.02. The van der Waals surface area contributed by atoms with Crippen LogP contribution in [0.4, 0.5) is 0 Å². The molecule has 0 unspecified atom stereocenters. The Kier molecular flexibility index (Phi) is 3.99. The fourth-order valence-electron chi connectivity index (χ4n) is 2.35. The van der Waals surface area contributed by atoms with E-state index in [9.17, 15) is 0 Å². The van der Waals surface area contributed by atoms with E-state index in [1.54, 1.807) is 0 Å². The van der Waals surface area contributed by atoms with Crippen molar-refractivity contribution in [3.63, 3.8) is 0 Å². The van der Waals surface area contributed by atoms with Gasteiger partial charge in [-0.1, -0.05) is 54.4 Å². The molecular weight excluding hydrogens is 263 g/mol. The lowest BCUT2D eigenvalue weighted by molar-refractivity contribution is 0.899. The average Bonchev–Trinajstić information content (AvgIpc) is 2.35. The van der Waals surface area contributed by atoms with E-state index in [1.165, 1.54) is 11.1 Å². The van der Waals surface area contributed by atoms with Crippen molar-refractivity contribution in [2.75, 3.05) is 0 Å². The molecule has 0 N–H and O–H groups in total. The van der Waals surface area contributed by atoms with Gasteiger partial charge in [-0.25, -0.2) is 0 Å². The van der Waals surface area contributed by atoms with E-state index < -0.39 is 0 Å². The minimum absolute atomic E-state index is 0.294. The fourth-order valence-corrected chi connectivity index (χ4v) is 2.72. The maximum absolute atomic E-state index is 6.19. The SMILES string of the molecule is Cc1c(Cl)cccc1C(C)c1cccc(Cl)c1C. The Bertz CT molecular complexity index is 522. The summed E-state index contributed by atoms with van der Waals surface area (Å²) >= 11 is 12.4. The van der Waals surface area contributed by atoms with Gasteiger partial charge in [0.2, 0.25) is 0 Å². The van der Waals surface area contributed by atoms with E-state index >= 15 is 0 Å². The van der Waals surface area contributed by atoms with Crippen LogP contribution in [0.5, 0.6) is 0 Å². The van der Waals surface area contributed by atoms with Gasteiger partial charge >= 0.3 is 0 Å². The largest absolute Gasteiger partial charge is 0.0840 e. The summed E-state index contributed by atoms with van der Waals surface area (Å²) in [7, 11) is 0. The molecule has 0 amide bonds. The number of hydrogen-bond acceptors (Lipinski definition) is 0. The molecule has 0 saturated heterocycles. The van der Waals surface area contributed by atoms with E-state index in [2.05, 4.69) is 32.9 Å². The first kappa shape index (κ1) is 13.5. The van der Waals surface area contributed by atoms with Gasteiger partial charge < -0.3 is 0 Å². The second kappa shape index (κ2) is 5.34. The van der Waals surface area contributed by atoms with Gasteiger partial charge in [-0.3, -0.25) is 0 Å². The molecule has 0 bridgehead atoms. The molecule has 94 valence electrons. The Morgan fingerprint density at radius 1 is 0.778 bits per heavy atom. The van der Waals surface area contributed by atoms with E-state index in [0.717, 1.165) is 21.2 Å². The molecule has 0 saturated carbocycles. The molecule has 0 atom stereocenters. The third kappa shape index (κ3) is 2.41. The summed E-state index contributed by atoms with van der Waals surface area (Å²) in [5.41, 5.74) is 4.80. The highest BCUT2D eigenvalue weighted by molar-refractivity contribution is 6.31. The lowest BCUT2D eigenvalue weighted by atomic mass is 9.88. The number of hydrogen-bond donors (Lipinski definition) is 0. The standard InChI is InChI=1S/C16H16Cl2/c1-10(13-6-4-8-15(17)11(13)2)14-7-5-9-16(18)12(14)3/h4-10H,1-3H3. The van der Waals surface area contributed by atoms with Crippen LogP contribution in [0.15, 0.2) is 36.4 Å². The summed E-state index contributed by atoms with van der Waals surface area (Å²) in [5, 5.41) is 1.64. The Balaban J connectivity index is 2.51. The molecule has 0 aliphatic carbocycles. The first-order chi connectivity index (χ1) is 8.52. The quantitative estimate of drug-likeness (QED) is 0.655. The van der Waals surface area contributed by atoms with Crippen molar-refractivity contribution in [2.24, 2.45) is 0 Å². The van der Waals surface area contributed by atoms with Crippen LogP contribution in [0.25, 0.3) is 0 Å². The van der Waals surface area contributed by atoms with Crippen molar-refractivity contribution in [1.82, 2.24) is 0 Å². The lowest BCUT2D eigenvalue weighted by Crippen LogP contribution is -2.01. The molecule has 2 aromatic rings. The summed E-state index contributed by atoms with van der Waals surface area (Å²) in [5.74, 6) is 0.294. The summed E-state index contributed by atoms with van der Waals surface area (Å²) in [6.45, 7) is 6.32. The van der Waals surface area contributed by atoms with Crippen LogP contribution in [-0.2, 0) is 0 Å². The molecule has 2 heteroatoms. The van der Waals surface area contributed by atoms with Gasteiger partial charge in [0.15, 0.2) is 0 Å². The second-order valence-electron chi connectivity index (χ2n) is 4.63. The number of halogens is 2. The summed E-state index contributed by atoms with van der Waals surface area (Å²) < 4.78 is 0. The average molecular weight is 279 g/mol. The Morgan fingerprint density at radius 2 is 1.17 bits per heavy atom. The minimum atomic E-state index is 0.294. The van der Waals surface area contributed by atoms with Crippen LogP contribution in [-0.4, -0.2) is 0 Å². The molecule has 0 radical (unpaired) electrons. The first-order valence-corrected chi connectivity index (χ1v) is 6.78.